The van der Waals surface area contributed by atoms with E-state index in [4.69, 9.17) is 4.74 Å². The van der Waals surface area contributed by atoms with Crippen molar-refractivity contribution in [1.82, 2.24) is 15.1 Å². The second kappa shape index (κ2) is 6.75. The molecule has 0 radical (unpaired) electrons. The fourth-order valence-electron chi connectivity index (χ4n) is 2.07. The third-order valence-electron chi connectivity index (χ3n) is 3.20. The highest BCUT2D eigenvalue weighted by Crippen LogP contribution is 2.19. The van der Waals surface area contributed by atoms with Gasteiger partial charge in [-0.15, -0.1) is 0 Å². The summed E-state index contributed by atoms with van der Waals surface area (Å²) in [4.78, 5) is 13.8. The van der Waals surface area contributed by atoms with Crippen molar-refractivity contribution in [2.45, 2.75) is 19.4 Å². The summed E-state index contributed by atoms with van der Waals surface area (Å²) in [6.45, 7) is 0.571. The lowest BCUT2D eigenvalue weighted by molar-refractivity contribution is -0.130. The Morgan fingerprint density at radius 3 is 2.90 bits per heavy atom. The molecule has 0 spiro atoms. The Kier molecular flexibility index (Phi) is 4.76. The maximum atomic E-state index is 12.1. The number of H-pyrrole nitrogens is 1. The van der Waals surface area contributed by atoms with Crippen LogP contribution >= 0.6 is 0 Å². The number of aromatic amines is 1. The molecule has 1 aromatic heterocycles. The van der Waals surface area contributed by atoms with Crippen LogP contribution in [0.25, 0.3) is 0 Å². The lowest BCUT2D eigenvalue weighted by atomic mass is 10.1. The molecule has 0 unspecified atom stereocenters. The molecular formula is C15H19N3O2. The number of benzene rings is 1. The van der Waals surface area contributed by atoms with Crippen molar-refractivity contribution in [2.75, 3.05) is 14.2 Å². The number of nitrogens with one attached hydrogen (secondary N) is 1. The molecule has 0 saturated heterocycles. The number of carbonyl (C=O) groups is 1. The van der Waals surface area contributed by atoms with Crippen molar-refractivity contribution < 1.29 is 9.53 Å². The molecule has 106 valence electrons. The summed E-state index contributed by atoms with van der Waals surface area (Å²) >= 11 is 0. The maximum absolute atomic E-state index is 12.1. The standard InChI is InChI=1S/C15H19N3O2/c1-18(11-12-9-16-17-10-12)15(19)8-7-13-5-3-4-6-14(13)20-2/h3-6,9-10H,7-8,11H2,1-2H3,(H,16,17). The van der Waals surface area contributed by atoms with Crippen LogP contribution in [-0.4, -0.2) is 35.2 Å². The van der Waals surface area contributed by atoms with Crippen molar-refractivity contribution in [3.63, 3.8) is 0 Å². The normalized spacial score (nSPS) is 10.3. The minimum Gasteiger partial charge on any atom is -0.496 e. The molecule has 0 bridgehead atoms. The van der Waals surface area contributed by atoms with E-state index in [0.717, 1.165) is 16.9 Å². The average molecular weight is 273 g/mol. The van der Waals surface area contributed by atoms with Crippen LogP contribution in [0, 0.1) is 0 Å². The predicted molar refractivity (Wildman–Crippen MR) is 76.4 cm³/mol. The number of methoxy groups -OCH3 is 1. The van der Waals surface area contributed by atoms with E-state index < -0.39 is 0 Å². The van der Waals surface area contributed by atoms with Gasteiger partial charge < -0.3 is 9.64 Å². The van der Waals surface area contributed by atoms with Gasteiger partial charge in [-0.25, -0.2) is 0 Å². The minimum atomic E-state index is 0.108. The van der Waals surface area contributed by atoms with Crippen molar-refractivity contribution in [2.24, 2.45) is 0 Å². The average Bonchev–Trinajstić information content (AvgIpc) is 2.97. The maximum Gasteiger partial charge on any atom is 0.222 e. The lowest BCUT2D eigenvalue weighted by Crippen LogP contribution is -2.26. The van der Waals surface area contributed by atoms with Gasteiger partial charge in [0.15, 0.2) is 0 Å². The molecule has 0 saturated carbocycles. The predicted octanol–water partition coefficient (Wildman–Crippen LogP) is 2.01. The molecule has 1 aromatic carbocycles. The highest BCUT2D eigenvalue weighted by Gasteiger charge is 2.11. The van der Waals surface area contributed by atoms with Crippen LogP contribution in [0.3, 0.4) is 0 Å². The number of amides is 1. The fraction of sp³-hybridized carbons (Fsp3) is 0.333. The number of carbonyl (C=O) groups excluding carboxylic acids is 1. The van der Waals surface area contributed by atoms with Gasteiger partial charge in [0.2, 0.25) is 5.91 Å². The smallest absolute Gasteiger partial charge is 0.222 e. The van der Waals surface area contributed by atoms with E-state index in [0.29, 0.717) is 19.4 Å². The number of hydrogen-bond donors (Lipinski definition) is 1. The van der Waals surface area contributed by atoms with Crippen LogP contribution in [0.1, 0.15) is 17.5 Å². The molecule has 1 N–H and O–H groups in total. The highest BCUT2D eigenvalue weighted by atomic mass is 16.5. The third-order valence-corrected chi connectivity index (χ3v) is 3.20. The number of ether oxygens (including phenoxy) is 1. The van der Waals surface area contributed by atoms with E-state index in [1.807, 2.05) is 24.3 Å². The molecule has 1 heterocycles. The Labute approximate surface area is 118 Å². The van der Waals surface area contributed by atoms with Crippen LogP contribution in [0.5, 0.6) is 5.75 Å². The molecule has 0 atom stereocenters. The largest absolute Gasteiger partial charge is 0.496 e. The third kappa shape index (κ3) is 3.60. The Morgan fingerprint density at radius 1 is 1.40 bits per heavy atom. The summed E-state index contributed by atoms with van der Waals surface area (Å²) in [6, 6.07) is 7.78. The van der Waals surface area contributed by atoms with E-state index in [1.165, 1.54) is 0 Å². The van der Waals surface area contributed by atoms with Gasteiger partial charge in [0.25, 0.3) is 0 Å². The molecule has 0 aliphatic carbocycles. The van der Waals surface area contributed by atoms with Gasteiger partial charge in [0, 0.05) is 31.8 Å². The summed E-state index contributed by atoms with van der Waals surface area (Å²) in [5.41, 5.74) is 2.05. The molecule has 0 aliphatic rings. The summed E-state index contributed by atoms with van der Waals surface area (Å²) in [5.74, 6) is 0.940. The molecule has 2 rings (SSSR count). The molecule has 20 heavy (non-hydrogen) atoms. The van der Waals surface area contributed by atoms with Crippen LogP contribution in [0.2, 0.25) is 0 Å². The van der Waals surface area contributed by atoms with Gasteiger partial charge in [-0.3, -0.25) is 9.89 Å². The zero-order chi connectivity index (χ0) is 14.4. The van der Waals surface area contributed by atoms with Crippen LogP contribution < -0.4 is 4.74 Å². The van der Waals surface area contributed by atoms with E-state index in [1.54, 1.807) is 31.5 Å². The fourth-order valence-corrected chi connectivity index (χ4v) is 2.07. The number of aromatic nitrogens is 2. The van der Waals surface area contributed by atoms with E-state index in [9.17, 15) is 4.79 Å². The van der Waals surface area contributed by atoms with Gasteiger partial charge in [-0.05, 0) is 18.1 Å². The first kappa shape index (κ1) is 14.1. The van der Waals surface area contributed by atoms with Crippen LogP contribution in [-0.2, 0) is 17.8 Å². The first-order valence-corrected chi connectivity index (χ1v) is 6.54. The molecule has 0 aliphatic heterocycles. The Balaban J connectivity index is 1.88. The van der Waals surface area contributed by atoms with E-state index in [2.05, 4.69) is 10.2 Å². The second-order valence-corrected chi connectivity index (χ2v) is 4.67. The van der Waals surface area contributed by atoms with Crippen molar-refractivity contribution in [3.8, 4) is 5.75 Å². The SMILES string of the molecule is COc1ccccc1CCC(=O)N(C)Cc1cn[nH]c1. The van der Waals surface area contributed by atoms with Crippen molar-refractivity contribution in [1.29, 1.82) is 0 Å². The zero-order valence-corrected chi connectivity index (χ0v) is 11.8. The number of aryl methyl sites for hydroxylation is 1. The Bertz CT molecular complexity index is 552. The second-order valence-electron chi connectivity index (χ2n) is 4.67. The van der Waals surface area contributed by atoms with Crippen LogP contribution in [0.4, 0.5) is 0 Å². The van der Waals surface area contributed by atoms with Gasteiger partial charge in [0.05, 0.1) is 13.3 Å². The topological polar surface area (TPSA) is 58.2 Å². The van der Waals surface area contributed by atoms with Gasteiger partial charge >= 0.3 is 0 Å². The summed E-state index contributed by atoms with van der Waals surface area (Å²) < 4.78 is 5.29. The molecule has 5 nitrogen and oxygen atoms in total. The molecular weight excluding hydrogens is 254 g/mol. The minimum absolute atomic E-state index is 0.108. The first-order valence-electron chi connectivity index (χ1n) is 6.54. The molecule has 0 fully saturated rings. The number of hydrogen-bond acceptors (Lipinski definition) is 3. The highest BCUT2D eigenvalue weighted by molar-refractivity contribution is 5.76. The quantitative estimate of drug-likeness (QED) is 0.876. The molecule has 5 heteroatoms. The number of rotatable bonds is 6. The zero-order valence-electron chi connectivity index (χ0n) is 11.8. The van der Waals surface area contributed by atoms with Crippen molar-refractivity contribution >= 4 is 5.91 Å². The number of para-hydroxylation sites is 1. The number of nitrogens with zero attached hydrogens (tertiary/aromatic N) is 2. The molecule has 2 aromatic rings. The summed E-state index contributed by atoms with van der Waals surface area (Å²) in [5, 5.41) is 6.61. The first-order chi connectivity index (χ1) is 9.70. The summed E-state index contributed by atoms with van der Waals surface area (Å²) in [7, 11) is 3.45. The van der Waals surface area contributed by atoms with E-state index >= 15 is 0 Å². The van der Waals surface area contributed by atoms with E-state index in [-0.39, 0.29) is 5.91 Å². The van der Waals surface area contributed by atoms with Crippen molar-refractivity contribution in [3.05, 3.63) is 47.8 Å². The lowest BCUT2D eigenvalue weighted by Gasteiger charge is -2.16. The van der Waals surface area contributed by atoms with Gasteiger partial charge in [-0.2, -0.15) is 5.10 Å². The monoisotopic (exact) mass is 273 g/mol. The molecule has 1 amide bonds. The van der Waals surface area contributed by atoms with Gasteiger partial charge in [-0.1, -0.05) is 18.2 Å². The Hall–Kier alpha value is -2.30. The Morgan fingerprint density at radius 2 is 2.20 bits per heavy atom. The van der Waals surface area contributed by atoms with Crippen LogP contribution in [0.15, 0.2) is 36.7 Å². The van der Waals surface area contributed by atoms with Gasteiger partial charge in [0.1, 0.15) is 5.75 Å². The summed E-state index contributed by atoms with van der Waals surface area (Å²) in [6.07, 6.45) is 4.67.